The van der Waals surface area contributed by atoms with Crippen molar-refractivity contribution in [3.8, 4) is 0 Å². The normalized spacial score (nSPS) is 14.6. The van der Waals surface area contributed by atoms with Gasteiger partial charge in [-0.1, -0.05) is 13.0 Å². The van der Waals surface area contributed by atoms with Gasteiger partial charge in [-0.25, -0.2) is 4.98 Å². The standard InChI is InChI=1S/C12H14N2O2/c1-8(9(2)16-7-15)10-3-4-11-12(5-10)14-6-13-11/h3-9H,1-2H3,(H,13,14). The third-order valence-corrected chi connectivity index (χ3v) is 2.94. The van der Waals surface area contributed by atoms with Crippen molar-refractivity contribution in [2.24, 2.45) is 0 Å². The summed E-state index contributed by atoms with van der Waals surface area (Å²) in [5.41, 5.74) is 3.08. The number of aromatic nitrogens is 2. The first-order chi connectivity index (χ1) is 7.72. The molecule has 1 aromatic carbocycles. The van der Waals surface area contributed by atoms with E-state index in [1.54, 1.807) is 6.33 Å². The maximum absolute atomic E-state index is 10.3. The average molecular weight is 218 g/mol. The van der Waals surface area contributed by atoms with Crippen molar-refractivity contribution >= 4 is 17.5 Å². The molecule has 1 aromatic heterocycles. The Morgan fingerprint density at radius 3 is 3.00 bits per heavy atom. The number of benzene rings is 1. The van der Waals surface area contributed by atoms with Gasteiger partial charge >= 0.3 is 0 Å². The molecule has 2 unspecified atom stereocenters. The third-order valence-electron chi connectivity index (χ3n) is 2.94. The Labute approximate surface area is 93.6 Å². The Morgan fingerprint density at radius 2 is 2.25 bits per heavy atom. The van der Waals surface area contributed by atoms with E-state index in [9.17, 15) is 4.79 Å². The van der Waals surface area contributed by atoms with Gasteiger partial charge in [-0.05, 0) is 24.6 Å². The third kappa shape index (κ3) is 1.91. The molecule has 0 amide bonds. The van der Waals surface area contributed by atoms with Crippen LogP contribution in [-0.2, 0) is 9.53 Å². The number of fused-ring (bicyclic) bond motifs is 1. The summed E-state index contributed by atoms with van der Waals surface area (Å²) in [5, 5.41) is 0. The molecule has 1 heterocycles. The first-order valence-corrected chi connectivity index (χ1v) is 5.24. The fourth-order valence-corrected chi connectivity index (χ4v) is 1.71. The molecule has 0 saturated carbocycles. The van der Waals surface area contributed by atoms with Gasteiger partial charge in [0, 0.05) is 5.92 Å². The number of imidazole rings is 1. The van der Waals surface area contributed by atoms with Crippen LogP contribution in [0.25, 0.3) is 11.0 Å². The molecule has 2 atom stereocenters. The smallest absolute Gasteiger partial charge is 0.293 e. The van der Waals surface area contributed by atoms with Gasteiger partial charge in [0.05, 0.1) is 17.4 Å². The lowest BCUT2D eigenvalue weighted by molar-refractivity contribution is -0.133. The van der Waals surface area contributed by atoms with Crippen molar-refractivity contribution < 1.29 is 9.53 Å². The molecule has 4 nitrogen and oxygen atoms in total. The molecule has 0 aliphatic heterocycles. The second-order valence-corrected chi connectivity index (χ2v) is 3.91. The molecular formula is C12H14N2O2. The molecule has 0 saturated heterocycles. The lowest BCUT2D eigenvalue weighted by atomic mass is 9.96. The van der Waals surface area contributed by atoms with Crippen LogP contribution in [0.4, 0.5) is 0 Å². The van der Waals surface area contributed by atoms with E-state index in [1.165, 1.54) is 0 Å². The van der Waals surface area contributed by atoms with Gasteiger partial charge < -0.3 is 9.72 Å². The number of nitrogens with zero attached hydrogens (tertiary/aromatic N) is 1. The Bertz CT molecular complexity index is 492. The summed E-state index contributed by atoms with van der Waals surface area (Å²) in [6.45, 7) is 4.41. The van der Waals surface area contributed by atoms with Crippen LogP contribution < -0.4 is 0 Å². The molecule has 16 heavy (non-hydrogen) atoms. The van der Waals surface area contributed by atoms with E-state index in [-0.39, 0.29) is 12.0 Å². The predicted molar refractivity (Wildman–Crippen MR) is 61.1 cm³/mol. The van der Waals surface area contributed by atoms with Gasteiger partial charge in [-0.3, -0.25) is 4.79 Å². The second kappa shape index (κ2) is 4.35. The number of carbonyl (C=O) groups excluding carboxylic acids is 1. The van der Waals surface area contributed by atoms with Crippen LogP contribution in [0.3, 0.4) is 0 Å². The van der Waals surface area contributed by atoms with Gasteiger partial charge in [0.15, 0.2) is 0 Å². The largest absolute Gasteiger partial charge is 0.464 e. The lowest BCUT2D eigenvalue weighted by Gasteiger charge is -2.18. The van der Waals surface area contributed by atoms with Gasteiger partial charge in [0.25, 0.3) is 6.47 Å². The first kappa shape index (κ1) is 10.7. The summed E-state index contributed by atoms with van der Waals surface area (Å²) < 4.78 is 4.95. The van der Waals surface area contributed by atoms with Crippen molar-refractivity contribution in [1.82, 2.24) is 9.97 Å². The maximum Gasteiger partial charge on any atom is 0.293 e. The minimum atomic E-state index is -0.127. The zero-order valence-electron chi connectivity index (χ0n) is 9.31. The van der Waals surface area contributed by atoms with Crippen LogP contribution in [0.2, 0.25) is 0 Å². The van der Waals surface area contributed by atoms with Crippen molar-refractivity contribution in [2.75, 3.05) is 0 Å². The summed E-state index contributed by atoms with van der Waals surface area (Å²) in [6, 6.07) is 6.02. The maximum atomic E-state index is 10.3. The molecular weight excluding hydrogens is 204 g/mol. The second-order valence-electron chi connectivity index (χ2n) is 3.91. The summed E-state index contributed by atoms with van der Waals surface area (Å²) in [6.07, 6.45) is 1.54. The number of hydrogen-bond donors (Lipinski definition) is 1. The van der Waals surface area contributed by atoms with Crippen LogP contribution in [0.15, 0.2) is 24.5 Å². The van der Waals surface area contributed by atoms with Crippen molar-refractivity contribution in [2.45, 2.75) is 25.9 Å². The number of nitrogens with one attached hydrogen (secondary N) is 1. The molecule has 0 fully saturated rings. The SMILES string of the molecule is CC(OC=O)C(C)c1ccc2nc[nH]c2c1. The van der Waals surface area contributed by atoms with E-state index in [2.05, 4.69) is 9.97 Å². The number of aromatic amines is 1. The molecule has 4 heteroatoms. The van der Waals surface area contributed by atoms with Crippen molar-refractivity contribution in [3.05, 3.63) is 30.1 Å². The van der Waals surface area contributed by atoms with Gasteiger partial charge in [-0.15, -0.1) is 0 Å². The molecule has 0 spiro atoms. The lowest BCUT2D eigenvalue weighted by Crippen LogP contribution is -2.15. The van der Waals surface area contributed by atoms with E-state index in [0.717, 1.165) is 16.6 Å². The Kier molecular flexibility index (Phi) is 2.90. The fourth-order valence-electron chi connectivity index (χ4n) is 1.71. The minimum absolute atomic E-state index is 0.127. The van der Waals surface area contributed by atoms with E-state index in [4.69, 9.17) is 4.74 Å². The predicted octanol–water partition coefficient (Wildman–Crippen LogP) is 2.23. The first-order valence-electron chi connectivity index (χ1n) is 5.24. The fraction of sp³-hybridized carbons (Fsp3) is 0.333. The molecule has 0 aliphatic carbocycles. The molecule has 1 N–H and O–H groups in total. The average Bonchev–Trinajstić information content (AvgIpc) is 2.75. The highest BCUT2D eigenvalue weighted by Gasteiger charge is 2.15. The van der Waals surface area contributed by atoms with Crippen molar-refractivity contribution in [3.63, 3.8) is 0 Å². The van der Waals surface area contributed by atoms with Gasteiger partial charge in [0.1, 0.15) is 6.10 Å². The summed E-state index contributed by atoms with van der Waals surface area (Å²) in [5.74, 6) is 0.165. The summed E-state index contributed by atoms with van der Waals surface area (Å²) in [7, 11) is 0. The number of rotatable bonds is 4. The topological polar surface area (TPSA) is 55.0 Å². The van der Waals surface area contributed by atoms with Crippen LogP contribution in [0, 0.1) is 0 Å². The van der Waals surface area contributed by atoms with Crippen LogP contribution in [0.1, 0.15) is 25.3 Å². The minimum Gasteiger partial charge on any atom is -0.464 e. The Morgan fingerprint density at radius 1 is 1.44 bits per heavy atom. The monoisotopic (exact) mass is 218 g/mol. The molecule has 2 aromatic rings. The highest BCUT2D eigenvalue weighted by Crippen LogP contribution is 2.23. The van der Waals surface area contributed by atoms with Crippen molar-refractivity contribution in [1.29, 1.82) is 0 Å². The van der Waals surface area contributed by atoms with Crippen LogP contribution in [0.5, 0.6) is 0 Å². The molecule has 0 aliphatic rings. The zero-order chi connectivity index (χ0) is 11.5. The summed E-state index contributed by atoms with van der Waals surface area (Å²) in [4.78, 5) is 17.5. The zero-order valence-corrected chi connectivity index (χ0v) is 9.31. The Hall–Kier alpha value is -1.84. The number of H-pyrrole nitrogens is 1. The van der Waals surface area contributed by atoms with E-state index in [1.807, 2.05) is 32.0 Å². The number of hydrogen-bond acceptors (Lipinski definition) is 3. The van der Waals surface area contributed by atoms with Crippen LogP contribution in [-0.4, -0.2) is 22.5 Å². The van der Waals surface area contributed by atoms with Crippen LogP contribution >= 0.6 is 0 Å². The molecule has 0 bridgehead atoms. The van der Waals surface area contributed by atoms with E-state index < -0.39 is 0 Å². The molecule has 84 valence electrons. The molecule has 2 rings (SSSR count). The highest BCUT2D eigenvalue weighted by atomic mass is 16.5. The number of carbonyl (C=O) groups is 1. The van der Waals surface area contributed by atoms with E-state index >= 15 is 0 Å². The van der Waals surface area contributed by atoms with Gasteiger partial charge in [-0.2, -0.15) is 0 Å². The Balaban J connectivity index is 2.28. The summed E-state index contributed by atoms with van der Waals surface area (Å²) >= 11 is 0. The van der Waals surface area contributed by atoms with E-state index in [0.29, 0.717) is 6.47 Å². The number of ether oxygens (including phenoxy) is 1. The van der Waals surface area contributed by atoms with Gasteiger partial charge in [0.2, 0.25) is 0 Å². The molecule has 0 radical (unpaired) electrons. The highest BCUT2D eigenvalue weighted by molar-refractivity contribution is 5.75. The quantitative estimate of drug-likeness (QED) is 0.800.